The molecule has 0 aliphatic rings. The number of rotatable bonds is 11. The van der Waals surface area contributed by atoms with Crippen LogP contribution in [0.3, 0.4) is 0 Å². The molecule has 2 atom stereocenters. The van der Waals surface area contributed by atoms with Gasteiger partial charge in [-0.3, -0.25) is 9.69 Å². The van der Waals surface area contributed by atoms with Gasteiger partial charge in [0.1, 0.15) is 0 Å². The summed E-state index contributed by atoms with van der Waals surface area (Å²) in [4.78, 5) is 13.7. The van der Waals surface area contributed by atoms with Crippen molar-refractivity contribution in [2.45, 2.75) is 45.7 Å². The van der Waals surface area contributed by atoms with Crippen LogP contribution in [0.4, 0.5) is 0 Å². The molecule has 0 radical (unpaired) electrons. The highest BCUT2D eigenvalue weighted by atomic mass is 16.5. The van der Waals surface area contributed by atoms with Gasteiger partial charge in [0.25, 0.3) is 0 Å². The second kappa shape index (κ2) is 10.3. The van der Waals surface area contributed by atoms with Crippen LogP contribution in [0.15, 0.2) is 0 Å². The maximum Gasteiger partial charge on any atom is 0.235 e. The van der Waals surface area contributed by atoms with Crippen LogP contribution in [0.1, 0.15) is 33.6 Å². The van der Waals surface area contributed by atoms with Crippen LogP contribution in [0, 0.1) is 0 Å². The fourth-order valence-corrected chi connectivity index (χ4v) is 1.77. The summed E-state index contributed by atoms with van der Waals surface area (Å²) in [5.74, 6) is -0.283. The van der Waals surface area contributed by atoms with Gasteiger partial charge in [-0.05, 0) is 26.3 Å². The third kappa shape index (κ3) is 6.93. The Kier molecular flexibility index (Phi) is 9.92. The summed E-state index contributed by atoms with van der Waals surface area (Å²) in [5, 5.41) is 3.20. The van der Waals surface area contributed by atoms with Crippen LogP contribution < -0.4 is 11.1 Å². The lowest BCUT2D eigenvalue weighted by Gasteiger charge is -2.31. The predicted octanol–water partition coefficient (Wildman–Crippen LogP) is 0.587. The third-order valence-corrected chi connectivity index (χ3v) is 3.20. The van der Waals surface area contributed by atoms with E-state index >= 15 is 0 Å². The van der Waals surface area contributed by atoms with E-state index in [0.717, 1.165) is 25.9 Å². The zero-order chi connectivity index (χ0) is 14.0. The molecule has 5 nitrogen and oxygen atoms in total. The molecule has 3 N–H and O–H groups in total. The van der Waals surface area contributed by atoms with Crippen LogP contribution in [0.25, 0.3) is 0 Å². The smallest absolute Gasteiger partial charge is 0.235 e. The van der Waals surface area contributed by atoms with Gasteiger partial charge in [-0.2, -0.15) is 0 Å². The van der Waals surface area contributed by atoms with E-state index in [2.05, 4.69) is 31.0 Å². The minimum atomic E-state index is -0.283. The van der Waals surface area contributed by atoms with Crippen molar-refractivity contribution >= 4 is 5.91 Å². The Balaban J connectivity index is 4.42. The molecule has 0 heterocycles. The summed E-state index contributed by atoms with van der Waals surface area (Å²) in [6.07, 6.45) is 2.04. The molecule has 0 spiro atoms. The van der Waals surface area contributed by atoms with Crippen LogP contribution in [0.2, 0.25) is 0 Å². The van der Waals surface area contributed by atoms with Crippen LogP contribution in [-0.4, -0.2) is 56.2 Å². The van der Waals surface area contributed by atoms with Gasteiger partial charge in [-0.25, -0.2) is 0 Å². The number of nitrogens with zero attached hydrogens (tertiary/aromatic N) is 1. The molecule has 18 heavy (non-hydrogen) atoms. The lowest BCUT2D eigenvalue weighted by molar-refractivity contribution is -0.120. The molecule has 0 aromatic heterocycles. The van der Waals surface area contributed by atoms with Crippen LogP contribution in [-0.2, 0) is 9.53 Å². The van der Waals surface area contributed by atoms with Gasteiger partial charge in [0.2, 0.25) is 5.91 Å². The van der Waals surface area contributed by atoms with Gasteiger partial charge in [-0.1, -0.05) is 13.8 Å². The van der Waals surface area contributed by atoms with Gasteiger partial charge in [0.05, 0.1) is 12.6 Å². The molecule has 0 rings (SSSR count). The second-order valence-corrected chi connectivity index (χ2v) is 4.65. The first kappa shape index (κ1) is 17.4. The van der Waals surface area contributed by atoms with E-state index in [1.54, 1.807) is 7.11 Å². The number of primary amides is 1. The maximum atomic E-state index is 11.4. The average molecular weight is 259 g/mol. The average Bonchev–Trinajstić information content (AvgIpc) is 2.36. The Bertz CT molecular complexity index is 224. The normalized spacial score (nSPS) is 14.7. The molecule has 5 heteroatoms. The first-order valence-electron chi connectivity index (χ1n) is 6.82. The van der Waals surface area contributed by atoms with E-state index < -0.39 is 0 Å². The zero-order valence-corrected chi connectivity index (χ0v) is 12.2. The molecule has 0 saturated carbocycles. The lowest BCUT2D eigenvalue weighted by Crippen LogP contribution is -2.51. The number of carbonyl (C=O) groups excluding carboxylic acids is 1. The molecular weight excluding hydrogens is 230 g/mol. The Labute approximate surface area is 111 Å². The molecule has 0 fully saturated rings. The van der Waals surface area contributed by atoms with E-state index in [1.165, 1.54) is 0 Å². The summed E-state index contributed by atoms with van der Waals surface area (Å²) in [7, 11) is 1.69. The predicted molar refractivity (Wildman–Crippen MR) is 74.5 cm³/mol. The number of nitrogens with two attached hydrogens (primary N) is 1. The number of ether oxygens (including phenoxy) is 1. The van der Waals surface area contributed by atoms with Crippen molar-refractivity contribution in [1.82, 2.24) is 10.2 Å². The van der Waals surface area contributed by atoms with Gasteiger partial charge in [-0.15, -0.1) is 0 Å². The van der Waals surface area contributed by atoms with Crippen molar-refractivity contribution in [2.75, 3.05) is 33.4 Å². The summed E-state index contributed by atoms with van der Waals surface area (Å²) >= 11 is 0. The van der Waals surface area contributed by atoms with Crippen molar-refractivity contribution < 1.29 is 9.53 Å². The summed E-state index contributed by atoms with van der Waals surface area (Å²) < 4.78 is 5.11. The lowest BCUT2D eigenvalue weighted by atomic mass is 10.1. The number of hydrogen-bond donors (Lipinski definition) is 2. The number of carbonyl (C=O) groups is 1. The summed E-state index contributed by atoms with van der Waals surface area (Å²) in [6, 6.07) is 0.140. The third-order valence-electron chi connectivity index (χ3n) is 3.20. The SMILES string of the molecule is CCCNC(CN(CCOC)C(C)CC)C(N)=O. The molecule has 0 aromatic carbocycles. The van der Waals surface area contributed by atoms with Gasteiger partial charge in [0, 0.05) is 26.2 Å². The van der Waals surface area contributed by atoms with Crippen molar-refractivity contribution in [3.8, 4) is 0 Å². The fraction of sp³-hybridized carbons (Fsp3) is 0.923. The quantitative estimate of drug-likeness (QED) is 0.570. The molecular formula is C13H29N3O2. The minimum absolute atomic E-state index is 0.282. The molecule has 0 aliphatic heterocycles. The van der Waals surface area contributed by atoms with Gasteiger partial charge < -0.3 is 15.8 Å². The Morgan fingerprint density at radius 2 is 2.11 bits per heavy atom. The van der Waals surface area contributed by atoms with E-state index in [9.17, 15) is 4.79 Å². The number of methoxy groups -OCH3 is 1. The van der Waals surface area contributed by atoms with Crippen molar-refractivity contribution in [2.24, 2.45) is 5.73 Å². The topological polar surface area (TPSA) is 67.6 Å². The number of nitrogens with one attached hydrogen (secondary N) is 1. The first-order chi connectivity index (χ1) is 8.56. The highest BCUT2D eigenvalue weighted by Crippen LogP contribution is 2.04. The molecule has 0 aliphatic carbocycles. The molecule has 108 valence electrons. The van der Waals surface area contributed by atoms with Gasteiger partial charge >= 0.3 is 0 Å². The van der Waals surface area contributed by atoms with Crippen molar-refractivity contribution in [3.05, 3.63) is 0 Å². The van der Waals surface area contributed by atoms with E-state index in [1.807, 2.05) is 0 Å². The highest BCUT2D eigenvalue weighted by Gasteiger charge is 2.21. The molecule has 0 saturated heterocycles. The van der Waals surface area contributed by atoms with Crippen molar-refractivity contribution in [1.29, 1.82) is 0 Å². The fourth-order valence-electron chi connectivity index (χ4n) is 1.77. The summed E-state index contributed by atoms with van der Waals surface area (Å²) in [5.41, 5.74) is 5.44. The van der Waals surface area contributed by atoms with E-state index in [4.69, 9.17) is 10.5 Å². The highest BCUT2D eigenvalue weighted by molar-refractivity contribution is 5.80. The molecule has 2 unspecified atom stereocenters. The molecule has 0 aromatic rings. The molecule has 1 amide bonds. The standard InChI is InChI=1S/C13H29N3O2/c1-5-7-15-12(13(14)17)10-16(8-9-18-4)11(3)6-2/h11-12,15H,5-10H2,1-4H3,(H2,14,17). The number of amides is 1. The van der Waals surface area contributed by atoms with Gasteiger partial charge in [0.15, 0.2) is 0 Å². The molecule has 0 bridgehead atoms. The van der Waals surface area contributed by atoms with Crippen molar-refractivity contribution in [3.63, 3.8) is 0 Å². The largest absolute Gasteiger partial charge is 0.383 e. The zero-order valence-electron chi connectivity index (χ0n) is 12.2. The minimum Gasteiger partial charge on any atom is -0.383 e. The Morgan fingerprint density at radius 1 is 1.44 bits per heavy atom. The number of hydrogen-bond acceptors (Lipinski definition) is 4. The first-order valence-corrected chi connectivity index (χ1v) is 6.82. The Morgan fingerprint density at radius 3 is 2.56 bits per heavy atom. The maximum absolute atomic E-state index is 11.4. The second-order valence-electron chi connectivity index (χ2n) is 4.65. The van der Waals surface area contributed by atoms with Crippen LogP contribution >= 0.6 is 0 Å². The van der Waals surface area contributed by atoms with Crippen LogP contribution in [0.5, 0.6) is 0 Å². The monoisotopic (exact) mass is 259 g/mol. The summed E-state index contributed by atoms with van der Waals surface area (Å²) in [6.45, 7) is 9.33. The van der Waals surface area contributed by atoms with E-state index in [0.29, 0.717) is 19.2 Å². The van der Waals surface area contributed by atoms with E-state index in [-0.39, 0.29) is 11.9 Å². The Hall–Kier alpha value is -0.650.